The third-order valence-electron chi connectivity index (χ3n) is 2.80. The largest absolute Gasteiger partial charge is 0.339 e. The highest BCUT2D eigenvalue weighted by Gasteiger charge is 2.20. The number of amides is 1. The normalized spacial score (nSPS) is 16.2. The molecule has 0 atom stereocenters. The van der Waals surface area contributed by atoms with Crippen LogP contribution >= 0.6 is 22.6 Å². The van der Waals surface area contributed by atoms with Crippen molar-refractivity contribution in [1.82, 2.24) is 4.90 Å². The van der Waals surface area contributed by atoms with E-state index >= 15 is 0 Å². The Labute approximate surface area is 108 Å². The van der Waals surface area contributed by atoms with Crippen molar-refractivity contribution in [2.45, 2.75) is 19.3 Å². The van der Waals surface area contributed by atoms with E-state index in [4.69, 9.17) is 0 Å². The molecule has 1 aliphatic rings. The Hall–Kier alpha value is -0.650. The van der Waals surface area contributed by atoms with Crippen molar-refractivity contribution in [3.63, 3.8) is 0 Å². The highest BCUT2D eigenvalue weighted by molar-refractivity contribution is 14.1. The van der Waals surface area contributed by atoms with Crippen molar-refractivity contribution in [3.05, 3.63) is 33.1 Å². The Morgan fingerprint density at radius 2 is 1.94 bits per heavy atom. The Morgan fingerprint density at radius 1 is 1.25 bits per heavy atom. The molecule has 0 radical (unpaired) electrons. The second kappa shape index (κ2) is 5.12. The van der Waals surface area contributed by atoms with Crippen molar-refractivity contribution in [1.29, 1.82) is 0 Å². The van der Waals surface area contributed by atoms with E-state index in [0.29, 0.717) is 5.56 Å². The molecule has 2 rings (SSSR count). The third-order valence-corrected chi connectivity index (χ3v) is 3.74. The molecule has 0 spiro atoms. The van der Waals surface area contributed by atoms with Gasteiger partial charge < -0.3 is 4.90 Å². The lowest BCUT2D eigenvalue weighted by Gasteiger charge is -2.27. The first-order chi connectivity index (χ1) is 7.68. The van der Waals surface area contributed by atoms with Gasteiger partial charge in [-0.15, -0.1) is 0 Å². The number of rotatable bonds is 1. The summed E-state index contributed by atoms with van der Waals surface area (Å²) >= 11 is 2.07. The molecule has 1 aromatic rings. The number of hydrogen-bond donors (Lipinski definition) is 0. The van der Waals surface area contributed by atoms with Gasteiger partial charge in [0, 0.05) is 16.7 Å². The smallest absolute Gasteiger partial charge is 0.255 e. The van der Waals surface area contributed by atoms with Crippen molar-refractivity contribution >= 4 is 28.5 Å². The van der Waals surface area contributed by atoms with Crippen molar-refractivity contribution in [3.8, 4) is 0 Å². The summed E-state index contributed by atoms with van der Waals surface area (Å²) in [6, 6.07) is 4.36. The number of benzene rings is 1. The van der Waals surface area contributed by atoms with E-state index in [1.807, 2.05) is 4.90 Å². The quantitative estimate of drug-likeness (QED) is 0.724. The predicted molar refractivity (Wildman–Crippen MR) is 68.9 cm³/mol. The highest BCUT2D eigenvalue weighted by atomic mass is 127. The number of halogens is 2. The van der Waals surface area contributed by atoms with Crippen molar-refractivity contribution in [2.24, 2.45) is 0 Å². The van der Waals surface area contributed by atoms with Crippen LogP contribution in [0, 0.1) is 9.39 Å². The molecule has 86 valence electrons. The minimum Gasteiger partial charge on any atom is -0.339 e. The van der Waals surface area contributed by atoms with Crippen LogP contribution in [-0.4, -0.2) is 23.9 Å². The zero-order valence-electron chi connectivity index (χ0n) is 8.88. The molecule has 1 saturated heterocycles. The molecular formula is C12H13FINO. The zero-order valence-corrected chi connectivity index (χ0v) is 11.0. The third kappa shape index (κ3) is 2.53. The Bertz CT molecular complexity index is 402. The van der Waals surface area contributed by atoms with Gasteiger partial charge in [-0.25, -0.2) is 4.39 Å². The lowest BCUT2D eigenvalue weighted by molar-refractivity contribution is 0.0723. The van der Waals surface area contributed by atoms with Crippen LogP contribution < -0.4 is 0 Å². The molecule has 1 heterocycles. The fourth-order valence-corrected chi connectivity index (χ4v) is 2.49. The first kappa shape index (κ1) is 11.8. The molecule has 0 bridgehead atoms. The van der Waals surface area contributed by atoms with Gasteiger partial charge in [0.15, 0.2) is 0 Å². The number of hydrogen-bond acceptors (Lipinski definition) is 1. The standard InChI is InChI=1S/C12H13FINO/c13-9-4-5-11(14)10(8-9)12(16)15-6-2-1-3-7-15/h4-5,8H,1-3,6-7H2. The van der Waals surface area contributed by atoms with Gasteiger partial charge in [0.05, 0.1) is 5.56 Å². The summed E-state index contributed by atoms with van der Waals surface area (Å²) in [5, 5.41) is 0. The predicted octanol–water partition coefficient (Wildman–Crippen LogP) is 3.06. The summed E-state index contributed by atoms with van der Waals surface area (Å²) in [7, 11) is 0. The minimum atomic E-state index is -0.347. The van der Waals surface area contributed by atoms with Gasteiger partial charge >= 0.3 is 0 Å². The molecule has 1 fully saturated rings. The molecule has 0 aliphatic carbocycles. The molecule has 0 N–H and O–H groups in total. The van der Waals surface area contributed by atoms with Crippen LogP contribution in [0.1, 0.15) is 29.6 Å². The van der Waals surface area contributed by atoms with Crippen molar-refractivity contribution in [2.75, 3.05) is 13.1 Å². The summed E-state index contributed by atoms with van der Waals surface area (Å²) in [6.07, 6.45) is 3.29. The fraction of sp³-hybridized carbons (Fsp3) is 0.417. The van der Waals surface area contributed by atoms with Gasteiger partial charge in [0.1, 0.15) is 5.82 Å². The maximum Gasteiger partial charge on any atom is 0.255 e. The number of carbonyl (C=O) groups is 1. The van der Waals surface area contributed by atoms with E-state index in [1.165, 1.54) is 18.6 Å². The summed E-state index contributed by atoms with van der Waals surface area (Å²) < 4.78 is 13.9. The van der Waals surface area contributed by atoms with Gasteiger partial charge in [-0.1, -0.05) is 0 Å². The van der Waals surface area contributed by atoms with Crippen LogP contribution in [0.15, 0.2) is 18.2 Å². The highest BCUT2D eigenvalue weighted by Crippen LogP contribution is 2.18. The van der Waals surface area contributed by atoms with Crippen LogP contribution in [0.5, 0.6) is 0 Å². The van der Waals surface area contributed by atoms with E-state index in [2.05, 4.69) is 22.6 Å². The van der Waals surface area contributed by atoms with Crippen LogP contribution in [-0.2, 0) is 0 Å². The maximum absolute atomic E-state index is 13.1. The van der Waals surface area contributed by atoms with E-state index in [-0.39, 0.29) is 11.7 Å². The molecule has 0 saturated carbocycles. The summed E-state index contributed by atoms with van der Waals surface area (Å²) in [4.78, 5) is 13.9. The SMILES string of the molecule is O=C(c1cc(F)ccc1I)N1CCCCC1. The Balaban J connectivity index is 2.22. The average molecular weight is 333 g/mol. The molecule has 1 aromatic carbocycles. The van der Waals surface area contributed by atoms with E-state index in [1.54, 1.807) is 6.07 Å². The molecule has 1 aliphatic heterocycles. The minimum absolute atomic E-state index is 0.0383. The van der Waals surface area contributed by atoms with Gasteiger partial charge in [0.2, 0.25) is 0 Å². The molecular weight excluding hydrogens is 320 g/mol. The Kier molecular flexibility index (Phi) is 3.78. The topological polar surface area (TPSA) is 20.3 Å². The lowest BCUT2D eigenvalue weighted by atomic mass is 10.1. The van der Waals surface area contributed by atoms with Crippen LogP contribution in [0.3, 0.4) is 0 Å². The molecule has 1 amide bonds. The molecule has 16 heavy (non-hydrogen) atoms. The molecule has 2 nitrogen and oxygen atoms in total. The van der Waals surface area contributed by atoms with Gasteiger partial charge in [-0.3, -0.25) is 4.79 Å². The Morgan fingerprint density at radius 3 is 2.62 bits per heavy atom. The van der Waals surface area contributed by atoms with E-state index < -0.39 is 0 Å². The summed E-state index contributed by atoms with van der Waals surface area (Å²) in [6.45, 7) is 1.59. The number of carbonyl (C=O) groups excluding carboxylic acids is 1. The van der Waals surface area contributed by atoms with Gasteiger partial charge in [-0.2, -0.15) is 0 Å². The average Bonchev–Trinajstić information content (AvgIpc) is 2.32. The molecule has 0 aromatic heterocycles. The van der Waals surface area contributed by atoms with Crippen LogP contribution in [0.2, 0.25) is 0 Å². The monoisotopic (exact) mass is 333 g/mol. The van der Waals surface area contributed by atoms with Crippen molar-refractivity contribution < 1.29 is 9.18 Å². The zero-order chi connectivity index (χ0) is 11.5. The second-order valence-corrected chi connectivity index (χ2v) is 5.14. The first-order valence-electron chi connectivity index (χ1n) is 5.43. The fourth-order valence-electron chi connectivity index (χ4n) is 1.93. The molecule has 0 unspecified atom stereocenters. The maximum atomic E-state index is 13.1. The number of piperidine rings is 1. The first-order valence-corrected chi connectivity index (χ1v) is 6.50. The number of likely N-dealkylation sites (tertiary alicyclic amines) is 1. The number of nitrogens with zero attached hydrogens (tertiary/aromatic N) is 1. The second-order valence-electron chi connectivity index (χ2n) is 3.98. The van der Waals surface area contributed by atoms with Crippen LogP contribution in [0.25, 0.3) is 0 Å². The van der Waals surface area contributed by atoms with Gasteiger partial charge in [0.25, 0.3) is 5.91 Å². The van der Waals surface area contributed by atoms with Gasteiger partial charge in [-0.05, 0) is 60.1 Å². The summed E-state index contributed by atoms with van der Waals surface area (Å²) in [5.41, 5.74) is 0.488. The van der Waals surface area contributed by atoms with Crippen LogP contribution in [0.4, 0.5) is 4.39 Å². The summed E-state index contributed by atoms with van der Waals surface area (Å²) in [5.74, 6) is -0.385. The van der Waals surface area contributed by atoms with E-state index in [0.717, 1.165) is 29.5 Å². The molecule has 4 heteroatoms. The lowest BCUT2D eigenvalue weighted by Crippen LogP contribution is -2.36. The van der Waals surface area contributed by atoms with E-state index in [9.17, 15) is 9.18 Å².